The number of amides is 1. The summed E-state index contributed by atoms with van der Waals surface area (Å²) < 4.78 is 6.97. The average Bonchev–Trinajstić information content (AvgIpc) is 3.27. The molecule has 1 N–H and O–H groups in total. The van der Waals surface area contributed by atoms with Crippen molar-refractivity contribution in [3.8, 4) is 0 Å². The normalized spacial score (nSPS) is 20.9. The Labute approximate surface area is 146 Å². The predicted molar refractivity (Wildman–Crippen MR) is 93.7 cm³/mol. The summed E-state index contributed by atoms with van der Waals surface area (Å²) in [6.45, 7) is 2.83. The van der Waals surface area contributed by atoms with Crippen LogP contribution in [-0.4, -0.2) is 47.4 Å². The van der Waals surface area contributed by atoms with Crippen LogP contribution in [-0.2, 0) is 23.1 Å². The van der Waals surface area contributed by atoms with Gasteiger partial charge in [-0.3, -0.25) is 9.48 Å². The van der Waals surface area contributed by atoms with E-state index < -0.39 is 0 Å². The summed E-state index contributed by atoms with van der Waals surface area (Å²) in [5.41, 5.74) is 1.10. The third-order valence-electron chi connectivity index (χ3n) is 4.43. The molecular weight excluding hydrogens is 324 g/mol. The standard InChI is InChI=1S/C17H24N4O2S/c1-20-12-14(10-19-20)17-13(8-16(22)21(17)5-6-23-2)9-18-11-15-4-3-7-24-15/h3-4,7,10,12-13,17-18H,5-6,8-9,11H2,1-2H3/t13-,17+/m0/s1. The van der Waals surface area contributed by atoms with Gasteiger partial charge in [-0.1, -0.05) is 6.07 Å². The zero-order valence-corrected chi connectivity index (χ0v) is 15.0. The Morgan fingerprint density at radius 1 is 1.50 bits per heavy atom. The third kappa shape index (κ3) is 3.85. The van der Waals surface area contributed by atoms with E-state index in [-0.39, 0.29) is 17.9 Å². The predicted octanol–water partition coefficient (Wildman–Crippen LogP) is 1.81. The largest absolute Gasteiger partial charge is 0.383 e. The number of likely N-dealkylation sites (tertiary alicyclic amines) is 1. The molecule has 130 valence electrons. The number of rotatable bonds is 8. The molecule has 0 aliphatic carbocycles. The lowest BCUT2D eigenvalue weighted by Gasteiger charge is -2.27. The molecule has 24 heavy (non-hydrogen) atoms. The first-order valence-corrected chi connectivity index (χ1v) is 9.07. The number of aryl methyl sites for hydroxylation is 1. The molecule has 3 rings (SSSR count). The van der Waals surface area contributed by atoms with E-state index in [9.17, 15) is 4.79 Å². The van der Waals surface area contributed by atoms with Gasteiger partial charge < -0.3 is 15.0 Å². The lowest BCUT2D eigenvalue weighted by atomic mass is 9.95. The maximum Gasteiger partial charge on any atom is 0.223 e. The highest BCUT2D eigenvalue weighted by molar-refractivity contribution is 7.09. The molecule has 1 fully saturated rings. The maximum atomic E-state index is 12.5. The number of hydrogen-bond acceptors (Lipinski definition) is 5. The lowest BCUT2D eigenvalue weighted by molar-refractivity contribution is -0.129. The first-order valence-electron chi connectivity index (χ1n) is 8.19. The molecule has 1 amide bonds. The number of thiophene rings is 1. The van der Waals surface area contributed by atoms with Gasteiger partial charge in [0.25, 0.3) is 0 Å². The quantitative estimate of drug-likeness (QED) is 0.790. The van der Waals surface area contributed by atoms with Crippen molar-refractivity contribution < 1.29 is 9.53 Å². The molecule has 6 nitrogen and oxygen atoms in total. The molecule has 0 spiro atoms. The molecule has 1 saturated heterocycles. The van der Waals surface area contributed by atoms with Crippen LogP contribution in [0.15, 0.2) is 29.9 Å². The summed E-state index contributed by atoms with van der Waals surface area (Å²) in [6, 6.07) is 4.25. The number of nitrogens with zero attached hydrogens (tertiary/aromatic N) is 3. The van der Waals surface area contributed by atoms with Gasteiger partial charge in [0.05, 0.1) is 18.8 Å². The Morgan fingerprint density at radius 2 is 2.38 bits per heavy atom. The second-order valence-corrected chi connectivity index (χ2v) is 7.18. The number of carbonyl (C=O) groups excluding carboxylic acids is 1. The van der Waals surface area contributed by atoms with E-state index in [4.69, 9.17) is 4.74 Å². The smallest absolute Gasteiger partial charge is 0.223 e. The second kappa shape index (κ2) is 7.92. The van der Waals surface area contributed by atoms with Gasteiger partial charge >= 0.3 is 0 Å². The van der Waals surface area contributed by atoms with Crippen molar-refractivity contribution in [2.24, 2.45) is 13.0 Å². The van der Waals surface area contributed by atoms with E-state index in [0.29, 0.717) is 19.6 Å². The number of methoxy groups -OCH3 is 1. The summed E-state index contributed by atoms with van der Waals surface area (Å²) >= 11 is 1.75. The molecule has 0 saturated carbocycles. The van der Waals surface area contributed by atoms with Crippen LogP contribution in [0.5, 0.6) is 0 Å². The Balaban J connectivity index is 1.69. The highest BCUT2D eigenvalue weighted by Crippen LogP contribution is 2.37. The number of aromatic nitrogens is 2. The molecule has 0 radical (unpaired) electrons. The fourth-order valence-electron chi connectivity index (χ4n) is 3.34. The van der Waals surface area contributed by atoms with E-state index in [2.05, 4.69) is 27.9 Å². The molecule has 2 aromatic rings. The van der Waals surface area contributed by atoms with Crippen LogP contribution in [0.25, 0.3) is 0 Å². The molecule has 2 atom stereocenters. The third-order valence-corrected chi connectivity index (χ3v) is 5.30. The minimum atomic E-state index is 0.0668. The van der Waals surface area contributed by atoms with Gasteiger partial charge in [-0.2, -0.15) is 5.10 Å². The molecule has 0 unspecified atom stereocenters. The Kier molecular flexibility index (Phi) is 5.65. The zero-order valence-electron chi connectivity index (χ0n) is 14.1. The summed E-state index contributed by atoms with van der Waals surface area (Å²) in [5, 5.41) is 9.88. The average molecular weight is 348 g/mol. The van der Waals surface area contributed by atoms with E-state index in [1.807, 2.05) is 24.3 Å². The molecule has 7 heteroatoms. The summed E-state index contributed by atoms with van der Waals surface area (Å²) in [7, 11) is 3.57. The van der Waals surface area contributed by atoms with Crippen molar-refractivity contribution in [1.82, 2.24) is 20.0 Å². The molecule has 1 aliphatic heterocycles. The molecular formula is C17H24N4O2S. The second-order valence-electron chi connectivity index (χ2n) is 6.15. The summed E-state index contributed by atoms with van der Waals surface area (Å²) in [6.07, 6.45) is 4.45. The highest BCUT2D eigenvalue weighted by Gasteiger charge is 2.40. The van der Waals surface area contributed by atoms with Crippen LogP contribution in [0.3, 0.4) is 0 Å². The van der Waals surface area contributed by atoms with E-state index in [0.717, 1.165) is 18.7 Å². The van der Waals surface area contributed by atoms with Crippen LogP contribution in [0, 0.1) is 5.92 Å². The van der Waals surface area contributed by atoms with Crippen LogP contribution in [0.2, 0.25) is 0 Å². The molecule has 1 aliphatic rings. The van der Waals surface area contributed by atoms with E-state index in [1.165, 1.54) is 4.88 Å². The number of hydrogen-bond donors (Lipinski definition) is 1. The summed E-state index contributed by atoms with van der Waals surface area (Å²) in [4.78, 5) is 15.7. The van der Waals surface area contributed by atoms with Crippen LogP contribution in [0.4, 0.5) is 0 Å². The molecule has 3 heterocycles. The lowest BCUT2D eigenvalue weighted by Crippen LogP contribution is -2.33. The minimum Gasteiger partial charge on any atom is -0.383 e. The van der Waals surface area contributed by atoms with Crippen molar-refractivity contribution >= 4 is 17.2 Å². The zero-order chi connectivity index (χ0) is 16.9. The van der Waals surface area contributed by atoms with Gasteiger partial charge in [-0.25, -0.2) is 0 Å². The first-order chi connectivity index (χ1) is 11.7. The van der Waals surface area contributed by atoms with Crippen LogP contribution in [0.1, 0.15) is 22.9 Å². The first kappa shape index (κ1) is 17.1. The van der Waals surface area contributed by atoms with Crippen molar-refractivity contribution in [3.63, 3.8) is 0 Å². The van der Waals surface area contributed by atoms with Gasteiger partial charge in [-0.05, 0) is 11.4 Å². The fraction of sp³-hybridized carbons (Fsp3) is 0.529. The van der Waals surface area contributed by atoms with Crippen LogP contribution < -0.4 is 5.32 Å². The molecule has 0 aromatic carbocycles. The van der Waals surface area contributed by atoms with E-state index in [1.54, 1.807) is 23.1 Å². The Hall–Kier alpha value is -1.70. The van der Waals surface area contributed by atoms with Gasteiger partial charge in [0.15, 0.2) is 0 Å². The van der Waals surface area contributed by atoms with Crippen molar-refractivity contribution in [2.75, 3.05) is 26.8 Å². The number of carbonyl (C=O) groups is 1. The Bertz CT molecular complexity index is 655. The highest BCUT2D eigenvalue weighted by atomic mass is 32.1. The van der Waals surface area contributed by atoms with Crippen molar-refractivity contribution in [2.45, 2.75) is 19.0 Å². The Morgan fingerprint density at radius 3 is 3.04 bits per heavy atom. The summed E-state index contributed by atoms with van der Waals surface area (Å²) in [5.74, 6) is 0.447. The molecule has 0 bridgehead atoms. The topological polar surface area (TPSA) is 59.4 Å². The van der Waals surface area contributed by atoms with Gasteiger partial charge in [0.1, 0.15) is 0 Å². The van der Waals surface area contributed by atoms with Gasteiger partial charge in [0, 0.05) is 62.8 Å². The van der Waals surface area contributed by atoms with Crippen molar-refractivity contribution in [1.29, 1.82) is 0 Å². The molecule has 2 aromatic heterocycles. The number of nitrogens with one attached hydrogen (secondary N) is 1. The monoisotopic (exact) mass is 348 g/mol. The van der Waals surface area contributed by atoms with E-state index >= 15 is 0 Å². The van der Waals surface area contributed by atoms with Crippen molar-refractivity contribution in [3.05, 3.63) is 40.3 Å². The fourth-order valence-corrected chi connectivity index (χ4v) is 4.01. The minimum absolute atomic E-state index is 0.0668. The van der Waals surface area contributed by atoms with Gasteiger partial charge in [0.2, 0.25) is 5.91 Å². The van der Waals surface area contributed by atoms with Crippen LogP contribution >= 0.6 is 11.3 Å². The van der Waals surface area contributed by atoms with Gasteiger partial charge in [-0.15, -0.1) is 11.3 Å². The SMILES string of the molecule is COCCN1C(=O)C[C@@H](CNCc2cccs2)[C@@H]1c1cnn(C)c1. The number of ether oxygens (including phenoxy) is 1. The maximum absolute atomic E-state index is 12.5.